The van der Waals surface area contributed by atoms with Crippen molar-refractivity contribution < 1.29 is 13.5 Å². The lowest BCUT2D eigenvalue weighted by molar-refractivity contribution is 0.284. The van der Waals surface area contributed by atoms with Gasteiger partial charge in [-0.15, -0.1) is 0 Å². The monoisotopic (exact) mass is 263 g/mol. The predicted molar refractivity (Wildman–Crippen MR) is 69.8 cm³/mol. The summed E-state index contributed by atoms with van der Waals surface area (Å²) in [4.78, 5) is 0. The summed E-state index contributed by atoms with van der Waals surface area (Å²) in [5.41, 5.74) is 7.17. The summed E-state index contributed by atoms with van der Waals surface area (Å²) in [7, 11) is 0. The van der Waals surface area contributed by atoms with Crippen molar-refractivity contribution >= 4 is 0 Å². The van der Waals surface area contributed by atoms with Crippen LogP contribution < -0.4 is 10.5 Å². The van der Waals surface area contributed by atoms with Gasteiger partial charge in [-0.1, -0.05) is 18.2 Å². The summed E-state index contributed by atoms with van der Waals surface area (Å²) in [6, 6.07) is 9.45. The summed E-state index contributed by atoms with van der Waals surface area (Å²) < 4.78 is 32.6. The molecule has 0 heterocycles. The molecule has 0 aliphatic carbocycles. The van der Waals surface area contributed by atoms with Crippen LogP contribution in [0.5, 0.6) is 5.75 Å². The van der Waals surface area contributed by atoms with E-state index in [1.165, 1.54) is 12.1 Å². The molecule has 2 N–H and O–H groups in total. The second-order valence-electron chi connectivity index (χ2n) is 4.31. The van der Waals surface area contributed by atoms with Gasteiger partial charge in [-0.3, -0.25) is 0 Å². The molecule has 4 heteroatoms. The fourth-order valence-electron chi connectivity index (χ4n) is 1.75. The van der Waals surface area contributed by atoms with E-state index < -0.39 is 5.82 Å². The molecule has 0 aliphatic heterocycles. The number of ether oxygens (including phenoxy) is 1. The number of halogens is 2. The van der Waals surface area contributed by atoms with E-state index in [2.05, 4.69) is 0 Å². The molecule has 2 aromatic rings. The van der Waals surface area contributed by atoms with E-state index in [9.17, 15) is 8.78 Å². The minimum absolute atomic E-state index is 0.0277. The molecule has 0 saturated carbocycles. The Balaban J connectivity index is 2.16. The van der Waals surface area contributed by atoms with E-state index in [1.54, 1.807) is 31.2 Å². The Hall–Kier alpha value is -1.94. The topological polar surface area (TPSA) is 35.2 Å². The molecule has 19 heavy (non-hydrogen) atoms. The van der Waals surface area contributed by atoms with E-state index in [1.807, 2.05) is 0 Å². The van der Waals surface area contributed by atoms with Crippen LogP contribution in [0.4, 0.5) is 8.78 Å². The van der Waals surface area contributed by atoms with Gasteiger partial charge < -0.3 is 10.5 Å². The zero-order valence-corrected chi connectivity index (χ0v) is 10.6. The molecule has 2 rings (SSSR count). The lowest BCUT2D eigenvalue weighted by atomic mass is 10.1. The first-order chi connectivity index (χ1) is 9.11. The molecular formula is C15H15F2NO. The van der Waals surface area contributed by atoms with Crippen molar-refractivity contribution in [2.24, 2.45) is 5.73 Å². The molecule has 0 bridgehead atoms. The molecule has 0 saturated heterocycles. The van der Waals surface area contributed by atoms with Gasteiger partial charge in [-0.25, -0.2) is 8.78 Å². The fourth-order valence-corrected chi connectivity index (χ4v) is 1.75. The molecular weight excluding hydrogens is 248 g/mol. The van der Waals surface area contributed by atoms with Crippen molar-refractivity contribution in [3.63, 3.8) is 0 Å². The highest BCUT2D eigenvalue weighted by atomic mass is 19.1. The maximum Gasteiger partial charge on any atom is 0.167 e. The largest absolute Gasteiger partial charge is 0.486 e. The maximum absolute atomic E-state index is 13.7. The first-order valence-electron chi connectivity index (χ1n) is 5.97. The molecule has 0 amide bonds. The second-order valence-corrected chi connectivity index (χ2v) is 4.31. The highest BCUT2D eigenvalue weighted by Gasteiger charge is 2.08. The minimum atomic E-state index is -0.419. The molecule has 2 nitrogen and oxygen atoms in total. The molecule has 0 radical (unpaired) electrons. The first kappa shape index (κ1) is 13.5. The van der Waals surface area contributed by atoms with Crippen molar-refractivity contribution in [2.45, 2.75) is 20.1 Å². The first-order valence-corrected chi connectivity index (χ1v) is 5.97. The molecule has 0 fully saturated rings. The van der Waals surface area contributed by atoms with Gasteiger partial charge in [0.15, 0.2) is 11.6 Å². The quantitative estimate of drug-likeness (QED) is 0.918. The number of rotatable bonds is 4. The SMILES string of the molecule is Cc1cccc(OCc2cc(CN)ccc2F)c1F. The van der Waals surface area contributed by atoms with Crippen molar-refractivity contribution in [2.75, 3.05) is 0 Å². The van der Waals surface area contributed by atoms with Crippen molar-refractivity contribution in [3.05, 3.63) is 64.7 Å². The summed E-state index contributed by atoms with van der Waals surface area (Å²) in [5.74, 6) is -0.680. The van der Waals surface area contributed by atoms with Crippen molar-refractivity contribution in [3.8, 4) is 5.75 Å². The van der Waals surface area contributed by atoms with Crippen molar-refractivity contribution in [1.29, 1.82) is 0 Å². The van der Waals surface area contributed by atoms with Gasteiger partial charge in [0.05, 0.1) is 0 Å². The zero-order chi connectivity index (χ0) is 13.8. The second kappa shape index (κ2) is 5.80. The van der Waals surface area contributed by atoms with Gasteiger partial charge in [0.25, 0.3) is 0 Å². The van der Waals surface area contributed by atoms with Crippen LogP contribution in [0.25, 0.3) is 0 Å². The average molecular weight is 263 g/mol. The molecule has 100 valence electrons. The summed E-state index contributed by atoms with van der Waals surface area (Å²) in [5, 5.41) is 0. The van der Waals surface area contributed by atoms with Gasteiger partial charge in [0.1, 0.15) is 12.4 Å². The Labute approximate surface area is 110 Å². The Kier molecular flexibility index (Phi) is 4.12. The van der Waals surface area contributed by atoms with Gasteiger partial charge >= 0.3 is 0 Å². The third-order valence-corrected chi connectivity index (χ3v) is 2.89. The van der Waals surface area contributed by atoms with E-state index >= 15 is 0 Å². The van der Waals surface area contributed by atoms with Gasteiger partial charge in [0, 0.05) is 12.1 Å². The van der Waals surface area contributed by atoms with E-state index in [4.69, 9.17) is 10.5 Å². The molecule has 0 unspecified atom stereocenters. The Morgan fingerprint density at radius 2 is 1.95 bits per heavy atom. The maximum atomic E-state index is 13.7. The normalized spacial score (nSPS) is 10.5. The Morgan fingerprint density at radius 3 is 2.68 bits per heavy atom. The van der Waals surface area contributed by atoms with Crippen molar-refractivity contribution in [1.82, 2.24) is 0 Å². The molecule has 0 spiro atoms. The standard InChI is InChI=1S/C15H15F2NO/c1-10-3-2-4-14(15(10)17)19-9-12-7-11(8-18)5-6-13(12)16/h2-7H,8-9,18H2,1H3. The molecule has 0 atom stereocenters. The van der Waals surface area contributed by atoms with E-state index in [0.29, 0.717) is 17.7 Å². The summed E-state index contributed by atoms with van der Waals surface area (Å²) >= 11 is 0. The number of hydrogen-bond donors (Lipinski definition) is 1. The zero-order valence-electron chi connectivity index (χ0n) is 10.6. The van der Waals surface area contributed by atoms with Gasteiger partial charge in [-0.05, 0) is 36.2 Å². The van der Waals surface area contributed by atoms with Crippen LogP contribution in [-0.4, -0.2) is 0 Å². The van der Waals surface area contributed by atoms with E-state index in [0.717, 1.165) is 5.56 Å². The predicted octanol–water partition coefficient (Wildman–Crippen LogP) is 3.31. The number of aryl methyl sites for hydroxylation is 1. The highest BCUT2D eigenvalue weighted by Crippen LogP contribution is 2.21. The molecule has 0 aromatic heterocycles. The third-order valence-electron chi connectivity index (χ3n) is 2.89. The lowest BCUT2D eigenvalue weighted by Gasteiger charge is -2.10. The highest BCUT2D eigenvalue weighted by molar-refractivity contribution is 5.31. The van der Waals surface area contributed by atoms with Crippen LogP contribution in [0, 0.1) is 18.6 Å². The minimum Gasteiger partial charge on any atom is -0.486 e. The average Bonchev–Trinajstić information content (AvgIpc) is 2.42. The smallest absolute Gasteiger partial charge is 0.167 e. The fraction of sp³-hybridized carbons (Fsp3) is 0.200. The number of benzene rings is 2. The molecule has 2 aromatic carbocycles. The van der Waals surface area contributed by atoms with Gasteiger partial charge in [0.2, 0.25) is 0 Å². The van der Waals surface area contributed by atoms with Gasteiger partial charge in [-0.2, -0.15) is 0 Å². The van der Waals surface area contributed by atoms with Crippen LogP contribution in [0.1, 0.15) is 16.7 Å². The van der Waals surface area contributed by atoms with Crippen LogP contribution in [0.2, 0.25) is 0 Å². The van der Waals surface area contributed by atoms with E-state index in [-0.39, 0.29) is 18.2 Å². The van der Waals surface area contributed by atoms with Crippen LogP contribution in [-0.2, 0) is 13.2 Å². The lowest BCUT2D eigenvalue weighted by Crippen LogP contribution is -2.03. The number of hydrogen-bond acceptors (Lipinski definition) is 2. The van der Waals surface area contributed by atoms with Crippen LogP contribution in [0.3, 0.4) is 0 Å². The third kappa shape index (κ3) is 3.09. The summed E-state index contributed by atoms with van der Waals surface area (Å²) in [6.07, 6.45) is 0. The Bertz CT molecular complexity index is 584. The molecule has 0 aliphatic rings. The van der Waals surface area contributed by atoms with Crippen LogP contribution in [0.15, 0.2) is 36.4 Å². The Morgan fingerprint density at radius 1 is 1.16 bits per heavy atom. The number of nitrogens with two attached hydrogens (primary N) is 1. The van der Waals surface area contributed by atoms with Crippen LogP contribution >= 0.6 is 0 Å². The summed E-state index contributed by atoms with van der Waals surface area (Å²) in [6.45, 7) is 1.95.